The summed E-state index contributed by atoms with van der Waals surface area (Å²) in [5.41, 5.74) is 0. The van der Waals surface area contributed by atoms with E-state index in [9.17, 15) is 18.0 Å². The summed E-state index contributed by atoms with van der Waals surface area (Å²) in [6.45, 7) is 2.18. The van der Waals surface area contributed by atoms with Gasteiger partial charge in [-0.15, -0.1) is 0 Å². The van der Waals surface area contributed by atoms with Gasteiger partial charge in [-0.3, -0.25) is 9.69 Å². The van der Waals surface area contributed by atoms with Crippen LogP contribution in [-0.2, 0) is 14.8 Å². The van der Waals surface area contributed by atoms with Gasteiger partial charge in [0.1, 0.15) is 0 Å². The van der Waals surface area contributed by atoms with Crippen LogP contribution in [0.1, 0.15) is 13.3 Å². The van der Waals surface area contributed by atoms with E-state index in [4.69, 9.17) is 0 Å². The van der Waals surface area contributed by atoms with Crippen molar-refractivity contribution >= 4 is 22.0 Å². The SMILES string of the molecule is CCS(=O)(=O)N1CCC(N2C(=O)CNC2=O)C1. The summed E-state index contributed by atoms with van der Waals surface area (Å²) in [6, 6.07) is -0.748. The van der Waals surface area contributed by atoms with Crippen LogP contribution in [-0.4, -0.2) is 61.0 Å². The second kappa shape index (κ2) is 4.26. The molecule has 2 aliphatic rings. The first kappa shape index (κ1) is 12.3. The number of amides is 3. The van der Waals surface area contributed by atoms with Crippen molar-refractivity contribution in [3.63, 3.8) is 0 Å². The highest BCUT2D eigenvalue weighted by Gasteiger charge is 2.40. The molecule has 0 aromatic rings. The maximum Gasteiger partial charge on any atom is 0.324 e. The largest absolute Gasteiger partial charge is 0.329 e. The summed E-state index contributed by atoms with van der Waals surface area (Å²) < 4.78 is 24.6. The fourth-order valence-corrected chi connectivity index (χ4v) is 3.31. The molecule has 2 aliphatic heterocycles. The van der Waals surface area contributed by atoms with Gasteiger partial charge in [-0.1, -0.05) is 0 Å². The number of carbonyl (C=O) groups is 2. The van der Waals surface area contributed by atoms with Crippen LogP contribution < -0.4 is 5.32 Å². The van der Waals surface area contributed by atoms with Crippen molar-refractivity contribution < 1.29 is 18.0 Å². The summed E-state index contributed by atoms with van der Waals surface area (Å²) in [5, 5.41) is 2.43. The fraction of sp³-hybridized carbons (Fsp3) is 0.778. The number of hydrogen-bond acceptors (Lipinski definition) is 4. The molecule has 3 amide bonds. The van der Waals surface area contributed by atoms with E-state index in [1.807, 2.05) is 0 Å². The minimum absolute atomic E-state index is 0.00978. The molecule has 96 valence electrons. The summed E-state index contributed by atoms with van der Waals surface area (Å²) >= 11 is 0. The van der Waals surface area contributed by atoms with Crippen LogP contribution in [0.5, 0.6) is 0 Å². The Bertz CT molecular complexity index is 431. The fourth-order valence-electron chi connectivity index (χ4n) is 2.16. The third-order valence-corrected chi connectivity index (χ3v) is 4.98. The Morgan fingerprint density at radius 3 is 2.65 bits per heavy atom. The molecule has 0 saturated carbocycles. The Labute approximate surface area is 99.8 Å². The molecule has 2 fully saturated rings. The highest BCUT2D eigenvalue weighted by Crippen LogP contribution is 2.20. The first-order valence-electron chi connectivity index (χ1n) is 5.53. The van der Waals surface area contributed by atoms with Gasteiger partial charge in [0.2, 0.25) is 15.9 Å². The van der Waals surface area contributed by atoms with Gasteiger partial charge < -0.3 is 5.32 Å². The smallest absolute Gasteiger partial charge is 0.324 e. The van der Waals surface area contributed by atoms with Crippen molar-refractivity contribution in [2.24, 2.45) is 0 Å². The van der Waals surface area contributed by atoms with E-state index >= 15 is 0 Å². The maximum atomic E-state index is 11.6. The van der Waals surface area contributed by atoms with Crippen molar-refractivity contribution in [2.45, 2.75) is 19.4 Å². The number of hydrogen-bond donors (Lipinski definition) is 1. The standard InChI is InChI=1S/C9H15N3O4S/c1-2-17(15,16)11-4-3-7(6-11)12-8(13)5-10-9(12)14/h7H,2-6H2,1H3,(H,10,14). The Kier molecular flexibility index (Phi) is 3.09. The lowest BCUT2D eigenvalue weighted by Gasteiger charge is -2.21. The van der Waals surface area contributed by atoms with Gasteiger partial charge >= 0.3 is 6.03 Å². The van der Waals surface area contributed by atoms with Crippen molar-refractivity contribution in [3.05, 3.63) is 0 Å². The molecular formula is C9H15N3O4S. The second-order valence-corrected chi connectivity index (χ2v) is 6.38. The zero-order valence-corrected chi connectivity index (χ0v) is 10.4. The molecule has 17 heavy (non-hydrogen) atoms. The molecule has 8 heteroatoms. The number of nitrogens with zero attached hydrogens (tertiary/aromatic N) is 2. The van der Waals surface area contributed by atoms with E-state index in [1.165, 1.54) is 4.31 Å². The molecule has 2 rings (SSSR count). The quantitative estimate of drug-likeness (QED) is 0.658. The van der Waals surface area contributed by atoms with Gasteiger partial charge in [-0.05, 0) is 13.3 Å². The van der Waals surface area contributed by atoms with Gasteiger partial charge in [0.25, 0.3) is 0 Å². The van der Waals surface area contributed by atoms with E-state index in [-0.39, 0.29) is 30.8 Å². The molecule has 1 atom stereocenters. The zero-order valence-electron chi connectivity index (χ0n) is 9.55. The first-order chi connectivity index (χ1) is 7.95. The van der Waals surface area contributed by atoms with E-state index in [0.29, 0.717) is 13.0 Å². The molecule has 0 aromatic heterocycles. The molecule has 2 heterocycles. The lowest BCUT2D eigenvalue weighted by Crippen LogP contribution is -2.43. The normalized spacial score (nSPS) is 26.6. The minimum Gasteiger partial charge on any atom is -0.329 e. The summed E-state index contributed by atoms with van der Waals surface area (Å²) in [7, 11) is -3.23. The van der Waals surface area contributed by atoms with Gasteiger partial charge in [-0.25, -0.2) is 13.2 Å². The first-order valence-corrected chi connectivity index (χ1v) is 7.14. The topological polar surface area (TPSA) is 86.8 Å². The zero-order chi connectivity index (χ0) is 12.6. The maximum absolute atomic E-state index is 11.6. The predicted molar refractivity (Wildman–Crippen MR) is 59.7 cm³/mol. The summed E-state index contributed by atoms with van der Waals surface area (Å²) in [4.78, 5) is 24.0. The number of sulfonamides is 1. The number of urea groups is 1. The summed E-state index contributed by atoms with van der Waals surface area (Å²) in [5.74, 6) is -0.240. The minimum atomic E-state index is -3.23. The molecule has 0 spiro atoms. The lowest BCUT2D eigenvalue weighted by molar-refractivity contribution is -0.126. The van der Waals surface area contributed by atoms with Crippen LogP contribution in [0, 0.1) is 0 Å². The molecule has 0 bridgehead atoms. The second-order valence-electron chi connectivity index (χ2n) is 4.12. The van der Waals surface area contributed by atoms with Crippen molar-refractivity contribution in [3.8, 4) is 0 Å². The molecular weight excluding hydrogens is 246 g/mol. The Hall–Kier alpha value is -1.15. The van der Waals surface area contributed by atoms with E-state index in [1.54, 1.807) is 6.92 Å². The predicted octanol–water partition coefficient (Wildman–Crippen LogP) is -1.04. The molecule has 1 unspecified atom stereocenters. The van der Waals surface area contributed by atoms with E-state index in [0.717, 1.165) is 4.90 Å². The van der Waals surface area contributed by atoms with E-state index < -0.39 is 16.1 Å². The molecule has 2 saturated heterocycles. The molecule has 7 nitrogen and oxygen atoms in total. The average molecular weight is 261 g/mol. The van der Waals surface area contributed by atoms with Gasteiger partial charge in [-0.2, -0.15) is 4.31 Å². The van der Waals surface area contributed by atoms with Crippen LogP contribution in [0.3, 0.4) is 0 Å². The van der Waals surface area contributed by atoms with Crippen molar-refractivity contribution in [1.29, 1.82) is 0 Å². The highest BCUT2D eigenvalue weighted by atomic mass is 32.2. The Balaban J connectivity index is 2.08. The van der Waals surface area contributed by atoms with Crippen molar-refractivity contribution in [1.82, 2.24) is 14.5 Å². The molecule has 1 N–H and O–H groups in total. The monoisotopic (exact) mass is 261 g/mol. The third kappa shape index (κ3) is 2.14. The van der Waals surface area contributed by atoms with Crippen LogP contribution in [0.4, 0.5) is 4.79 Å². The molecule has 0 aliphatic carbocycles. The van der Waals surface area contributed by atoms with Crippen LogP contribution >= 0.6 is 0 Å². The Morgan fingerprint density at radius 2 is 2.12 bits per heavy atom. The third-order valence-electron chi connectivity index (χ3n) is 3.13. The van der Waals surface area contributed by atoms with Crippen molar-refractivity contribution in [2.75, 3.05) is 25.4 Å². The van der Waals surface area contributed by atoms with Gasteiger partial charge in [0, 0.05) is 13.1 Å². The number of rotatable bonds is 3. The molecule has 0 radical (unpaired) electrons. The van der Waals surface area contributed by atoms with Gasteiger partial charge in [0.15, 0.2) is 0 Å². The average Bonchev–Trinajstić information content (AvgIpc) is 2.86. The van der Waals surface area contributed by atoms with Crippen LogP contribution in [0.15, 0.2) is 0 Å². The van der Waals surface area contributed by atoms with Crippen LogP contribution in [0.2, 0.25) is 0 Å². The van der Waals surface area contributed by atoms with Gasteiger partial charge in [0.05, 0.1) is 18.3 Å². The van der Waals surface area contributed by atoms with E-state index in [2.05, 4.69) is 5.32 Å². The number of nitrogens with one attached hydrogen (secondary N) is 1. The lowest BCUT2D eigenvalue weighted by atomic mass is 10.2. The van der Waals surface area contributed by atoms with Crippen LogP contribution in [0.25, 0.3) is 0 Å². The number of imide groups is 1. The Morgan fingerprint density at radius 1 is 1.41 bits per heavy atom. The number of carbonyl (C=O) groups excluding carboxylic acids is 2. The summed E-state index contributed by atoms with van der Waals surface area (Å²) in [6.07, 6.45) is 0.512. The molecule has 0 aromatic carbocycles. The highest BCUT2D eigenvalue weighted by molar-refractivity contribution is 7.89.